The number of rotatable bonds is 9. The summed E-state index contributed by atoms with van der Waals surface area (Å²) < 4.78 is 7.48. The number of hydrogen-bond donors (Lipinski definition) is 1. The van der Waals surface area contributed by atoms with Crippen molar-refractivity contribution in [3.05, 3.63) is 48.8 Å². The van der Waals surface area contributed by atoms with Gasteiger partial charge in [-0.1, -0.05) is 25.6 Å². The van der Waals surface area contributed by atoms with Gasteiger partial charge in [0.05, 0.1) is 12.4 Å². The minimum Gasteiger partial charge on any atom is -0.494 e. The fourth-order valence-corrected chi connectivity index (χ4v) is 3.52. The van der Waals surface area contributed by atoms with Gasteiger partial charge in [0.2, 0.25) is 5.91 Å². The Hall–Kier alpha value is -2.87. The van der Waals surface area contributed by atoms with E-state index < -0.39 is 0 Å². The molecule has 0 fully saturated rings. The molecule has 0 saturated carbocycles. The maximum Gasteiger partial charge on any atom is 0.234 e. The van der Waals surface area contributed by atoms with Crippen molar-refractivity contribution in [3.63, 3.8) is 0 Å². The summed E-state index contributed by atoms with van der Waals surface area (Å²) in [5, 5.41) is 12.3. The van der Waals surface area contributed by atoms with Crippen molar-refractivity contribution >= 4 is 23.4 Å². The molecule has 3 aromatic rings. The van der Waals surface area contributed by atoms with Crippen LogP contribution in [0, 0.1) is 5.92 Å². The second-order valence-electron chi connectivity index (χ2n) is 6.84. The standard InChI is InChI=1S/C21H25N5O2S/c1-4-28-18-7-5-17(6-8-18)23-19(27)14-29-21-25-24-20(26(21)13-15(2)3)16-9-11-22-12-10-16/h5-12,15H,4,13-14H2,1-3H3,(H,23,27). The molecular weight excluding hydrogens is 386 g/mol. The Morgan fingerprint density at radius 2 is 1.86 bits per heavy atom. The van der Waals surface area contributed by atoms with E-state index in [-0.39, 0.29) is 11.7 Å². The zero-order chi connectivity index (χ0) is 20.6. The Balaban J connectivity index is 1.66. The lowest BCUT2D eigenvalue weighted by Gasteiger charge is -2.12. The van der Waals surface area contributed by atoms with Crippen molar-refractivity contribution in [2.75, 3.05) is 17.7 Å². The summed E-state index contributed by atoms with van der Waals surface area (Å²) >= 11 is 1.38. The van der Waals surface area contributed by atoms with Crippen LogP contribution in [0.3, 0.4) is 0 Å². The summed E-state index contributed by atoms with van der Waals surface area (Å²) in [6.07, 6.45) is 3.47. The number of aromatic nitrogens is 4. The molecule has 0 aliphatic rings. The molecule has 1 aromatic carbocycles. The Morgan fingerprint density at radius 1 is 1.14 bits per heavy atom. The lowest BCUT2D eigenvalue weighted by atomic mass is 10.2. The first-order valence-corrected chi connectivity index (χ1v) is 10.5. The fourth-order valence-electron chi connectivity index (χ4n) is 2.77. The Morgan fingerprint density at radius 3 is 2.52 bits per heavy atom. The van der Waals surface area contributed by atoms with Crippen molar-refractivity contribution in [2.24, 2.45) is 5.92 Å². The predicted molar refractivity (Wildman–Crippen MR) is 115 cm³/mol. The van der Waals surface area contributed by atoms with Gasteiger partial charge in [0.1, 0.15) is 5.75 Å². The van der Waals surface area contributed by atoms with Crippen LogP contribution in [0.1, 0.15) is 20.8 Å². The topological polar surface area (TPSA) is 81.9 Å². The summed E-state index contributed by atoms with van der Waals surface area (Å²) in [6, 6.07) is 11.2. The van der Waals surface area contributed by atoms with Crippen LogP contribution in [0.5, 0.6) is 5.75 Å². The third-order valence-corrected chi connectivity index (χ3v) is 4.95. The molecule has 8 heteroatoms. The molecule has 0 unspecified atom stereocenters. The maximum absolute atomic E-state index is 12.4. The third-order valence-electron chi connectivity index (χ3n) is 3.98. The Labute approximate surface area is 174 Å². The van der Waals surface area contributed by atoms with Crippen LogP contribution in [0.15, 0.2) is 53.9 Å². The van der Waals surface area contributed by atoms with Gasteiger partial charge in [-0.25, -0.2) is 0 Å². The van der Waals surface area contributed by atoms with E-state index in [1.165, 1.54) is 11.8 Å². The summed E-state index contributed by atoms with van der Waals surface area (Å²) in [5.74, 6) is 2.15. The molecule has 7 nitrogen and oxygen atoms in total. The highest BCUT2D eigenvalue weighted by Crippen LogP contribution is 2.25. The van der Waals surface area contributed by atoms with Crippen molar-refractivity contribution < 1.29 is 9.53 Å². The van der Waals surface area contributed by atoms with E-state index in [0.29, 0.717) is 12.5 Å². The van der Waals surface area contributed by atoms with E-state index in [1.54, 1.807) is 12.4 Å². The first-order chi connectivity index (χ1) is 14.1. The van der Waals surface area contributed by atoms with Crippen molar-refractivity contribution in [1.29, 1.82) is 0 Å². The second kappa shape index (κ2) is 10.1. The molecule has 152 valence electrons. The van der Waals surface area contributed by atoms with Crippen molar-refractivity contribution in [3.8, 4) is 17.1 Å². The zero-order valence-corrected chi connectivity index (χ0v) is 17.6. The lowest BCUT2D eigenvalue weighted by Crippen LogP contribution is -2.15. The second-order valence-corrected chi connectivity index (χ2v) is 7.78. The summed E-state index contributed by atoms with van der Waals surface area (Å²) in [4.78, 5) is 16.4. The van der Waals surface area contributed by atoms with Crippen LogP contribution in [0.2, 0.25) is 0 Å². The minimum atomic E-state index is -0.0938. The van der Waals surface area contributed by atoms with Crippen LogP contribution in [-0.2, 0) is 11.3 Å². The highest BCUT2D eigenvalue weighted by molar-refractivity contribution is 7.99. The number of thioether (sulfide) groups is 1. The molecule has 1 N–H and O–H groups in total. The number of pyridine rings is 1. The number of amides is 1. The van der Waals surface area contributed by atoms with Gasteiger partial charge >= 0.3 is 0 Å². The Bertz CT molecular complexity index is 926. The van der Waals surface area contributed by atoms with E-state index in [0.717, 1.165) is 34.5 Å². The van der Waals surface area contributed by atoms with Crippen LogP contribution < -0.4 is 10.1 Å². The normalized spacial score (nSPS) is 10.9. The van der Waals surface area contributed by atoms with Gasteiger partial charge in [-0.05, 0) is 49.2 Å². The molecule has 2 heterocycles. The molecule has 0 radical (unpaired) electrons. The predicted octanol–water partition coefficient (Wildman–Crippen LogP) is 4.13. The van der Waals surface area contributed by atoms with E-state index >= 15 is 0 Å². The van der Waals surface area contributed by atoms with Crippen LogP contribution in [-0.4, -0.2) is 38.0 Å². The van der Waals surface area contributed by atoms with Gasteiger partial charge in [-0.3, -0.25) is 9.78 Å². The maximum atomic E-state index is 12.4. The first-order valence-electron chi connectivity index (χ1n) is 9.56. The van der Waals surface area contributed by atoms with Gasteiger partial charge in [0, 0.05) is 30.2 Å². The molecule has 0 saturated heterocycles. The highest BCUT2D eigenvalue weighted by Gasteiger charge is 2.16. The number of hydrogen-bond acceptors (Lipinski definition) is 6. The largest absolute Gasteiger partial charge is 0.494 e. The van der Waals surface area contributed by atoms with Crippen molar-refractivity contribution in [2.45, 2.75) is 32.5 Å². The minimum absolute atomic E-state index is 0.0938. The number of anilines is 1. The van der Waals surface area contributed by atoms with Crippen LogP contribution in [0.25, 0.3) is 11.4 Å². The van der Waals surface area contributed by atoms with Gasteiger partial charge in [-0.15, -0.1) is 10.2 Å². The molecule has 29 heavy (non-hydrogen) atoms. The van der Waals surface area contributed by atoms with E-state index in [1.807, 2.05) is 43.3 Å². The molecule has 0 atom stereocenters. The van der Waals surface area contributed by atoms with Gasteiger partial charge in [-0.2, -0.15) is 0 Å². The SMILES string of the molecule is CCOc1ccc(NC(=O)CSc2nnc(-c3ccncc3)n2CC(C)C)cc1. The molecule has 0 aliphatic carbocycles. The summed E-state index contributed by atoms with van der Waals surface area (Å²) in [6.45, 7) is 7.60. The van der Waals surface area contributed by atoms with Gasteiger partial charge in [0.25, 0.3) is 0 Å². The molecule has 3 rings (SSSR count). The number of benzene rings is 1. The van der Waals surface area contributed by atoms with Crippen LogP contribution in [0.4, 0.5) is 5.69 Å². The fraction of sp³-hybridized carbons (Fsp3) is 0.333. The van der Waals surface area contributed by atoms with Crippen LogP contribution >= 0.6 is 11.8 Å². The molecule has 0 bridgehead atoms. The summed E-state index contributed by atoms with van der Waals surface area (Å²) in [7, 11) is 0. The first kappa shape index (κ1) is 20.9. The number of nitrogens with one attached hydrogen (secondary N) is 1. The monoisotopic (exact) mass is 411 g/mol. The van der Waals surface area contributed by atoms with E-state index in [4.69, 9.17) is 4.74 Å². The quantitative estimate of drug-likeness (QED) is 0.533. The molecule has 0 aliphatic heterocycles. The third kappa shape index (κ3) is 5.80. The van der Waals surface area contributed by atoms with Gasteiger partial charge < -0.3 is 14.6 Å². The summed E-state index contributed by atoms with van der Waals surface area (Å²) in [5.41, 5.74) is 1.69. The Kier molecular flexibility index (Phi) is 7.24. The molecule has 0 spiro atoms. The number of carbonyl (C=O) groups excluding carboxylic acids is 1. The lowest BCUT2D eigenvalue weighted by molar-refractivity contribution is -0.113. The molecule has 1 amide bonds. The highest BCUT2D eigenvalue weighted by atomic mass is 32.2. The smallest absolute Gasteiger partial charge is 0.234 e. The average molecular weight is 412 g/mol. The van der Waals surface area contributed by atoms with Crippen molar-refractivity contribution in [1.82, 2.24) is 19.7 Å². The average Bonchev–Trinajstić information content (AvgIpc) is 3.10. The number of nitrogens with zero attached hydrogens (tertiary/aromatic N) is 4. The number of carbonyl (C=O) groups is 1. The molecule has 2 aromatic heterocycles. The van der Waals surface area contributed by atoms with E-state index in [9.17, 15) is 4.79 Å². The number of ether oxygens (including phenoxy) is 1. The molecular formula is C21H25N5O2S. The van der Waals surface area contributed by atoms with E-state index in [2.05, 4.69) is 38.9 Å². The zero-order valence-electron chi connectivity index (χ0n) is 16.8. The van der Waals surface area contributed by atoms with Gasteiger partial charge in [0.15, 0.2) is 11.0 Å².